The van der Waals surface area contributed by atoms with E-state index in [2.05, 4.69) is 47.4 Å². The first-order valence-corrected chi connectivity index (χ1v) is 21.3. The molecule has 18 heteroatoms. The van der Waals surface area contributed by atoms with E-state index in [-0.39, 0.29) is 11.3 Å². The van der Waals surface area contributed by atoms with E-state index in [1.807, 2.05) is 25.1 Å². The SMILES string of the molecule is CCCCCCCCCCCCOc1ccc(OS(=O)NNc2nc(C(F)(F)F)nc3ccccc23)cc1.Cc1ccc2nc(C)nc(NNS(C)(=O)=O)c2c1. The fourth-order valence-electron chi connectivity index (χ4n) is 5.46. The quantitative estimate of drug-likeness (QED) is 0.0438. The highest BCUT2D eigenvalue weighted by Crippen LogP contribution is 2.30. The largest absolute Gasteiger partial charge is 0.494 e. The molecule has 0 fully saturated rings. The predicted octanol–water partition coefficient (Wildman–Crippen LogP) is 8.65. The molecule has 0 saturated heterocycles. The zero-order valence-electron chi connectivity index (χ0n) is 31.9. The maximum absolute atomic E-state index is 13.2. The molecule has 2 aromatic heterocycles. The fourth-order valence-corrected chi connectivity index (χ4v) is 6.25. The Bertz CT molecular complexity index is 2140. The summed E-state index contributed by atoms with van der Waals surface area (Å²) in [5, 5.41) is 1.10. The second-order valence-electron chi connectivity index (χ2n) is 13.1. The van der Waals surface area contributed by atoms with Crippen molar-refractivity contribution in [3.8, 4) is 11.5 Å². The maximum Gasteiger partial charge on any atom is 0.451 e. The number of alkyl halides is 3. The zero-order chi connectivity index (χ0) is 40.6. The number of nitrogens with one attached hydrogen (secondary N) is 4. The molecule has 3 aromatic carbocycles. The second kappa shape index (κ2) is 21.6. The third kappa shape index (κ3) is 15.1. The lowest BCUT2D eigenvalue weighted by Crippen LogP contribution is -2.28. The van der Waals surface area contributed by atoms with Gasteiger partial charge in [-0.3, -0.25) is 10.9 Å². The molecule has 0 spiro atoms. The van der Waals surface area contributed by atoms with Crippen LogP contribution in [0.4, 0.5) is 24.8 Å². The minimum absolute atomic E-state index is 0.0965. The van der Waals surface area contributed by atoms with Crippen LogP contribution in [0.3, 0.4) is 0 Å². The summed E-state index contributed by atoms with van der Waals surface area (Å²) >= 11 is -2.11. The number of halogens is 3. The van der Waals surface area contributed by atoms with Gasteiger partial charge in [-0.05, 0) is 68.8 Å². The van der Waals surface area contributed by atoms with Crippen molar-refractivity contribution in [1.29, 1.82) is 0 Å². The number of ether oxygens (including phenoxy) is 1. The minimum atomic E-state index is -4.73. The maximum atomic E-state index is 13.2. The van der Waals surface area contributed by atoms with E-state index in [4.69, 9.17) is 8.92 Å². The Hall–Kier alpha value is -4.65. The molecule has 56 heavy (non-hydrogen) atoms. The number of anilines is 2. The Kier molecular flexibility index (Phi) is 17.0. The van der Waals surface area contributed by atoms with Crippen LogP contribution in [0, 0.1) is 13.8 Å². The highest BCUT2D eigenvalue weighted by Gasteiger charge is 2.35. The molecule has 5 rings (SSSR count). The Morgan fingerprint density at radius 2 is 1.32 bits per heavy atom. The monoisotopic (exact) mass is 818 g/mol. The van der Waals surface area contributed by atoms with Crippen molar-refractivity contribution in [2.24, 2.45) is 0 Å². The van der Waals surface area contributed by atoms with Gasteiger partial charge in [0.1, 0.15) is 17.3 Å². The van der Waals surface area contributed by atoms with E-state index in [0.717, 1.165) is 35.6 Å². The van der Waals surface area contributed by atoms with Gasteiger partial charge in [0, 0.05) is 10.8 Å². The van der Waals surface area contributed by atoms with Gasteiger partial charge in [-0.1, -0.05) is 88.5 Å². The van der Waals surface area contributed by atoms with Crippen molar-refractivity contribution in [3.05, 3.63) is 83.9 Å². The lowest BCUT2D eigenvalue weighted by molar-refractivity contribution is -0.144. The molecule has 0 aliphatic rings. The van der Waals surface area contributed by atoms with Crippen LogP contribution in [-0.4, -0.2) is 45.4 Å². The van der Waals surface area contributed by atoms with Gasteiger partial charge in [0.05, 0.1) is 23.9 Å². The van der Waals surface area contributed by atoms with Gasteiger partial charge in [0.25, 0.3) is 0 Å². The summed E-state index contributed by atoms with van der Waals surface area (Å²) in [6.45, 7) is 6.56. The summed E-state index contributed by atoms with van der Waals surface area (Å²) in [5.41, 5.74) is 6.97. The fraction of sp³-hybridized carbons (Fsp3) is 0.421. The smallest absolute Gasteiger partial charge is 0.451 e. The van der Waals surface area contributed by atoms with E-state index in [0.29, 0.717) is 35.1 Å². The number of para-hydroxylation sites is 1. The van der Waals surface area contributed by atoms with Gasteiger partial charge < -0.3 is 8.92 Å². The number of aromatic nitrogens is 4. The second-order valence-corrected chi connectivity index (χ2v) is 15.7. The molecular formula is C38H49F3N8O5S2. The summed E-state index contributed by atoms with van der Waals surface area (Å²) in [7, 11) is -3.34. The lowest BCUT2D eigenvalue weighted by atomic mass is 10.1. The van der Waals surface area contributed by atoms with Crippen molar-refractivity contribution in [3.63, 3.8) is 0 Å². The average Bonchev–Trinajstić information content (AvgIpc) is 3.15. The molecule has 0 amide bonds. The van der Waals surface area contributed by atoms with Crippen LogP contribution < -0.4 is 29.4 Å². The van der Waals surface area contributed by atoms with Crippen LogP contribution in [0.5, 0.6) is 11.5 Å². The Morgan fingerprint density at radius 1 is 0.714 bits per heavy atom. The topological polar surface area (TPSA) is 169 Å². The Morgan fingerprint density at radius 3 is 1.98 bits per heavy atom. The highest BCUT2D eigenvalue weighted by atomic mass is 32.2. The number of rotatable bonds is 20. The van der Waals surface area contributed by atoms with Crippen LogP contribution >= 0.6 is 0 Å². The molecular weight excluding hydrogens is 770 g/mol. The molecule has 0 aliphatic heterocycles. The van der Waals surface area contributed by atoms with Crippen LogP contribution in [0.2, 0.25) is 0 Å². The van der Waals surface area contributed by atoms with Gasteiger partial charge in [0.15, 0.2) is 11.6 Å². The summed E-state index contributed by atoms with van der Waals surface area (Å²) in [6, 6.07) is 18.6. The van der Waals surface area contributed by atoms with Gasteiger partial charge in [-0.15, -0.1) is 9.66 Å². The van der Waals surface area contributed by atoms with Crippen LogP contribution in [0.15, 0.2) is 66.7 Å². The Balaban J connectivity index is 0.000000321. The van der Waals surface area contributed by atoms with Crippen molar-refractivity contribution < 1.29 is 34.7 Å². The van der Waals surface area contributed by atoms with Crippen LogP contribution in [-0.2, 0) is 27.5 Å². The molecule has 0 saturated carbocycles. The van der Waals surface area contributed by atoms with Crippen molar-refractivity contribution >= 4 is 54.7 Å². The molecule has 2 heterocycles. The summed E-state index contributed by atoms with van der Waals surface area (Å²) < 4.78 is 84.9. The number of hydrazine groups is 2. The molecule has 5 aromatic rings. The summed E-state index contributed by atoms with van der Waals surface area (Å²) in [6.07, 6.45) is 8.92. The van der Waals surface area contributed by atoms with Crippen molar-refractivity contribution in [2.75, 3.05) is 23.7 Å². The first-order chi connectivity index (χ1) is 26.7. The zero-order valence-corrected chi connectivity index (χ0v) is 33.5. The van der Waals surface area contributed by atoms with Crippen molar-refractivity contribution in [2.45, 2.75) is 91.2 Å². The third-order valence-corrected chi connectivity index (χ3v) is 9.28. The highest BCUT2D eigenvalue weighted by molar-refractivity contribution is 7.88. The molecule has 0 bridgehead atoms. The number of sulfonamides is 1. The van der Waals surface area contributed by atoms with Gasteiger partial charge in [-0.2, -0.15) is 17.4 Å². The number of nitrogens with zero attached hydrogens (tertiary/aromatic N) is 4. The molecule has 4 N–H and O–H groups in total. The van der Waals surface area contributed by atoms with Gasteiger partial charge in [-0.25, -0.2) is 28.4 Å². The van der Waals surface area contributed by atoms with E-state index in [9.17, 15) is 25.8 Å². The van der Waals surface area contributed by atoms with E-state index in [1.54, 1.807) is 49.4 Å². The number of unbranched alkanes of at least 4 members (excludes halogenated alkanes) is 9. The number of aryl methyl sites for hydroxylation is 2. The third-order valence-electron chi connectivity index (χ3n) is 8.19. The normalized spacial score (nSPS) is 12.2. The van der Waals surface area contributed by atoms with Gasteiger partial charge in [0.2, 0.25) is 15.8 Å². The number of fused-ring (bicyclic) bond motifs is 2. The predicted molar refractivity (Wildman–Crippen MR) is 214 cm³/mol. The molecule has 304 valence electrons. The summed E-state index contributed by atoms with van der Waals surface area (Å²) in [5.74, 6) is 0.525. The van der Waals surface area contributed by atoms with Crippen molar-refractivity contribution in [1.82, 2.24) is 29.6 Å². The molecule has 0 radical (unpaired) electrons. The van der Waals surface area contributed by atoms with E-state index >= 15 is 0 Å². The lowest BCUT2D eigenvalue weighted by Gasteiger charge is -2.13. The average molecular weight is 819 g/mol. The molecule has 1 atom stereocenters. The first-order valence-electron chi connectivity index (χ1n) is 18.4. The number of hydrogen-bond acceptors (Lipinski definition) is 11. The van der Waals surface area contributed by atoms with Gasteiger partial charge >= 0.3 is 17.4 Å². The summed E-state index contributed by atoms with van der Waals surface area (Å²) in [4.78, 5) is 20.1. The molecule has 13 nitrogen and oxygen atoms in total. The van der Waals surface area contributed by atoms with E-state index in [1.165, 1.54) is 57.4 Å². The van der Waals surface area contributed by atoms with E-state index < -0.39 is 33.3 Å². The van der Waals surface area contributed by atoms with Crippen LogP contribution in [0.25, 0.3) is 21.8 Å². The standard InChI is InChI=1S/C27H35F3N4O3S.C11H14N4O2S/c1-2-3-4-5-6-7-8-9-10-13-20-36-21-16-18-22(19-17-21)37-38(35)34-33-25-23-14-11-12-15-24(23)31-26(32-25)27(28,29)30;1-7-4-5-10-9(6-7)11(13-8(2)12-10)14-15-18(3,16)17/h11-12,14-19,34H,2-10,13,20H2,1H3,(H,31,32,33);4-6,15H,1-3H3,(H,12,13,14). The molecule has 1 unspecified atom stereocenters. The minimum Gasteiger partial charge on any atom is -0.494 e. The van der Waals surface area contributed by atoms with Crippen LogP contribution in [0.1, 0.15) is 88.3 Å². The molecule has 0 aliphatic carbocycles. The number of benzene rings is 3. The first kappa shape index (κ1) is 44.1. The Labute approximate surface area is 328 Å². The number of hydrogen-bond donors (Lipinski definition) is 4.